The van der Waals surface area contributed by atoms with Gasteiger partial charge in [0.1, 0.15) is 6.61 Å². The van der Waals surface area contributed by atoms with Gasteiger partial charge in [-0.05, 0) is 80.9 Å². The quantitative estimate of drug-likeness (QED) is 0.0742. The van der Waals surface area contributed by atoms with E-state index in [2.05, 4.69) is 63.4 Å². The van der Waals surface area contributed by atoms with Crippen LogP contribution in [-0.4, -0.2) is 117 Å². The molecule has 1 saturated carbocycles. The van der Waals surface area contributed by atoms with Crippen molar-refractivity contribution >= 4 is 11.7 Å². The smallest absolute Gasteiger partial charge is 0.107 e. The molecule has 12 heteroatoms. The summed E-state index contributed by atoms with van der Waals surface area (Å²) in [5.41, 5.74) is 2.26. The van der Waals surface area contributed by atoms with Gasteiger partial charge in [0, 0.05) is 58.0 Å². The van der Waals surface area contributed by atoms with Crippen molar-refractivity contribution in [2.75, 3.05) is 79.5 Å². The average Bonchev–Trinajstić information content (AvgIpc) is 3.75. The van der Waals surface area contributed by atoms with Crippen LogP contribution in [0.5, 0.6) is 0 Å². The van der Waals surface area contributed by atoms with E-state index in [0.717, 1.165) is 64.7 Å². The molecule has 1 spiro atoms. The van der Waals surface area contributed by atoms with E-state index >= 15 is 0 Å². The Morgan fingerprint density at radius 3 is 2.18 bits per heavy atom. The summed E-state index contributed by atoms with van der Waals surface area (Å²) in [4.78, 5) is 4.68. The van der Waals surface area contributed by atoms with Crippen molar-refractivity contribution in [3.63, 3.8) is 0 Å². The SMILES string of the molecule is C#CCOCCOCCOCCOCCN(Cc1ccccc1)C1CCC2(CC1)CN(C(=[N-])c1cnn(C3CCC(C)O3)c1[N-]C)C2.CC.[Y]. The summed E-state index contributed by atoms with van der Waals surface area (Å²) in [6.07, 6.45) is 13.5. The molecule has 0 amide bonds. The fraction of sp³-hybridized carbons (Fsp3) is 0.684. The molecule has 3 fully saturated rings. The minimum atomic E-state index is -0.123. The normalized spacial score (nSPS) is 19.7. The van der Waals surface area contributed by atoms with Crippen molar-refractivity contribution in [1.82, 2.24) is 19.6 Å². The van der Waals surface area contributed by atoms with Crippen LogP contribution in [0.25, 0.3) is 10.7 Å². The first kappa shape index (κ1) is 42.5. The summed E-state index contributed by atoms with van der Waals surface area (Å²) in [6, 6.07) is 11.2. The average molecular weight is 768 g/mol. The molecule has 2 saturated heterocycles. The molecular weight excluding hydrogens is 709 g/mol. The van der Waals surface area contributed by atoms with Crippen molar-refractivity contribution < 1.29 is 56.4 Å². The molecule has 2 aromatic rings. The van der Waals surface area contributed by atoms with Gasteiger partial charge < -0.3 is 44.0 Å². The Bertz CT molecular complexity index is 1270. The Balaban J connectivity index is 0.00000221. The topological polar surface area (TPSA) is 107 Å². The second kappa shape index (κ2) is 22.9. The van der Waals surface area contributed by atoms with Crippen LogP contribution in [0, 0.1) is 17.8 Å². The Kier molecular flexibility index (Phi) is 19.5. The van der Waals surface area contributed by atoms with Crippen LogP contribution in [0.15, 0.2) is 36.5 Å². The van der Waals surface area contributed by atoms with Gasteiger partial charge in [-0.15, -0.1) is 6.42 Å². The zero-order chi connectivity index (χ0) is 34.9. The van der Waals surface area contributed by atoms with Crippen LogP contribution in [0.3, 0.4) is 0 Å². The van der Waals surface area contributed by atoms with Gasteiger partial charge in [0.05, 0.1) is 58.6 Å². The summed E-state index contributed by atoms with van der Waals surface area (Å²) in [5.74, 6) is 3.39. The number of hydrogen-bond donors (Lipinski definition) is 0. The monoisotopic (exact) mass is 767 g/mol. The van der Waals surface area contributed by atoms with Crippen LogP contribution in [-0.2, 0) is 62.9 Å². The first-order valence-electron chi connectivity index (χ1n) is 18.2. The Morgan fingerprint density at radius 2 is 1.60 bits per heavy atom. The van der Waals surface area contributed by atoms with E-state index in [9.17, 15) is 5.41 Å². The molecule has 3 aliphatic rings. The number of nitrogens with zero attached hydrogens (tertiary/aromatic N) is 6. The Morgan fingerprint density at radius 1 is 0.980 bits per heavy atom. The number of likely N-dealkylation sites (tertiary alicyclic amines) is 1. The van der Waals surface area contributed by atoms with Crippen molar-refractivity contribution in [1.29, 1.82) is 0 Å². The molecule has 50 heavy (non-hydrogen) atoms. The van der Waals surface area contributed by atoms with Gasteiger partial charge in [-0.2, -0.15) is 0 Å². The fourth-order valence-corrected chi connectivity index (χ4v) is 7.07. The maximum atomic E-state index is 11.3. The van der Waals surface area contributed by atoms with Crippen LogP contribution in [0.1, 0.15) is 76.7 Å². The molecule has 0 N–H and O–H groups in total. The molecule has 2 atom stereocenters. The molecule has 2 aliphatic heterocycles. The number of aromatic nitrogens is 2. The van der Waals surface area contributed by atoms with Gasteiger partial charge in [-0.1, -0.05) is 63.0 Å². The molecule has 3 heterocycles. The Hall–Kier alpha value is -1.88. The van der Waals surface area contributed by atoms with Crippen molar-refractivity contribution in [3.05, 3.63) is 58.4 Å². The number of rotatable bonds is 19. The van der Waals surface area contributed by atoms with Crippen LogP contribution in [0.2, 0.25) is 0 Å². The predicted molar refractivity (Wildman–Crippen MR) is 194 cm³/mol. The van der Waals surface area contributed by atoms with E-state index in [1.807, 2.05) is 18.5 Å². The standard InChI is InChI=1S/C36H52N6O5.C2H6.Y/c1-4-17-43-19-21-45-23-24-46-22-20-44-18-16-40(26-30-8-6-5-7-9-30)31-12-14-36(15-13-31)27-41(28-36)34(37)32-25-39-42(35(32)38-3)33-11-10-29(2)47-33;1-2;/h1,5-9,25,29,31,33H,10-24,26-28H2,2-3H3;1-2H3;/q-2;;. The summed E-state index contributed by atoms with van der Waals surface area (Å²) >= 11 is 0. The van der Waals surface area contributed by atoms with E-state index < -0.39 is 0 Å². The molecule has 275 valence electrons. The molecule has 2 unspecified atom stereocenters. The van der Waals surface area contributed by atoms with E-state index in [1.54, 1.807) is 13.2 Å². The van der Waals surface area contributed by atoms with E-state index in [1.165, 1.54) is 5.56 Å². The summed E-state index contributed by atoms with van der Waals surface area (Å²) in [6.45, 7) is 13.8. The molecular formula is C38H58N6O5Y-2. The third-order valence-corrected chi connectivity index (χ3v) is 9.64. The van der Waals surface area contributed by atoms with Crippen LogP contribution >= 0.6 is 0 Å². The number of hydrogen-bond acceptors (Lipinski definition) is 7. The van der Waals surface area contributed by atoms with Crippen molar-refractivity contribution in [2.24, 2.45) is 5.41 Å². The summed E-state index contributed by atoms with van der Waals surface area (Å²) in [5, 5.41) is 20.3. The number of amidine groups is 1. The predicted octanol–water partition coefficient (Wildman–Crippen LogP) is 6.00. The molecule has 1 aliphatic carbocycles. The van der Waals surface area contributed by atoms with E-state index in [4.69, 9.17) is 30.1 Å². The third-order valence-electron chi connectivity index (χ3n) is 9.64. The zero-order valence-electron chi connectivity index (χ0n) is 30.8. The third kappa shape index (κ3) is 12.4. The molecule has 1 aromatic heterocycles. The second-order valence-electron chi connectivity index (χ2n) is 13.0. The Labute approximate surface area is 325 Å². The van der Waals surface area contributed by atoms with Gasteiger partial charge in [0.2, 0.25) is 0 Å². The van der Waals surface area contributed by atoms with E-state index in [0.29, 0.717) is 70.3 Å². The minimum absolute atomic E-state index is 0. The van der Waals surface area contributed by atoms with Gasteiger partial charge in [-0.25, -0.2) is 0 Å². The second-order valence-corrected chi connectivity index (χ2v) is 13.0. The van der Waals surface area contributed by atoms with Gasteiger partial charge in [0.25, 0.3) is 0 Å². The minimum Gasteiger partial charge on any atom is -0.467 e. The number of ether oxygens (including phenoxy) is 5. The first-order chi connectivity index (χ1) is 24.0. The molecule has 0 bridgehead atoms. The summed E-state index contributed by atoms with van der Waals surface area (Å²) in [7, 11) is 1.75. The van der Waals surface area contributed by atoms with Crippen molar-refractivity contribution in [3.8, 4) is 12.3 Å². The maximum Gasteiger partial charge on any atom is 0.107 e. The van der Waals surface area contributed by atoms with Gasteiger partial charge >= 0.3 is 0 Å². The number of benzene rings is 1. The van der Waals surface area contributed by atoms with Gasteiger partial charge in [0.15, 0.2) is 0 Å². The maximum absolute atomic E-state index is 11.3. The van der Waals surface area contributed by atoms with Crippen molar-refractivity contribution in [2.45, 2.75) is 84.2 Å². The van der Waals surface area contributed by atoms with Gasteiger partial charge in [-0.3, -0.25) is 10.00 Å². The summed E-state index contributed by atoms with van der Waals surface area (Å²) < 4.78 is 30.1. The number of terminal acetylenes is 1. The van der Waals surface area contributed by atoms with Crippen LogP contribution < -0.4 is 0 Å². The fourth-order valence-electron chi connectivity index (χ4n) is 7.07. The molecule has 1 aromatic carbocycles. The molecule has 1 radical (unpaired) electrons. The largest absolute Gasteiger partial charge is 0.467 e. The molecule has 5 rings (SSSR count). The van der Waals surface area contributed by atoms with E-state index in [-0.39, 0.29) is 56.3 Å². The first-order valence-corrected chi connectivity index (χ1v) is 18.2. The van der Waals surface area contributed by atoms with Crippen LogP contribution in [0.4, 0.5) is 5.82 Å². The molecule has 11 nitrogen and oxygen atoms in total. The zero-order valence-corrected chi connectivity index (χ0v) is 33.6.